The summed E-state index contributed by atoms with van der Waals surface area (Å²) in [5.74, 6) is -0.813. The molecule has 0 aromatic heterocycles. The summed E-state index contributed by atoms with van der Waals surface area (Å²) in [6.45, 7) is 4.30. The number of carbonyl (C=O) groups is 2. The van der Waals surface area contributed by atoms with Gasteiger partial charge in [0.25, 0.3) is 0 Å². The first-order chi connectivity index (χ1) is 33.5. The summed E-state index contributed by atoms with van der Waals surface area (Å²) in [6, 6.07) is 0. The molecule has 0 heterocycles. The number of likely N-dealkylation sites (N-methyl/N-ethyl adjacent to an activating group) is 1. The standard InChI is InChI=1S/C59H104NO8P/c1-6-8-10-12-14-16-18-20-22-24-25-26-27-28-29-30-31-32-33-34-35-36-38-40-42-44-46-48-50-52-59(62)68-57(56-67-69(63,64)66-54-53-60(3,4)5)55-65-58(61)51-49-47-45-43-41-39-37-23-21-19-17-15-13-11-9-7-2/h8,10,14,16,20,22-23,25-26,28-29,31-32,37,57H,6-7,9,11-13,15,17-19,21,24,27,30,33-36,38-56H2,1-5H3/p+1/b10-8-,16-14-,22-20-,26-25-,29-28-,32-31-,37-23-. The van der Waals surface area contributed by atoms with Gasteiger partial charge < -0.3 is 18.9 Å². The molecule has 0 aromatic rings. The summed E-state index contributed by atoms with van der Waals surface area (Å²) in [6.07, 6.45) is 66.4. The number of ether oxygens (including phenoxy) is 2. The second kappa shape index (κ2) is 50.1. The monoisotopic (exact) mass is 987 g/mol. The van der Waals surface area contributed by atoms with Crippen LogP contribution in [0.3, 0.4) is 0 Å². The number of phosphoric acid groups is 1. The fourth-order valence-corrected chi connectivity index (χ4v) is 8.11. The Balaban J connectivity index is 4.20. The Bertz CT molecular complexity index is 1440. The highest BCUT2D eigenvalue weighted by Gasteiger charge is 2.27. The first-order valence-electron chi connectivity index (χ1n) is 27.8. The van der Waals surface area contributed by atoms with Crippen molar-refractivity contribution in [1.82, 2.24) is 0 Å². The van der Waals surface area contributed by atoms with E-state index in [0.717, 1.165) is 103 Å². The highest BCUT2D eigenvalue weighted by atomic mass is 31.2. The lowest BCUT2D eigenvalue weighted by atomic mass is 10.0. The van der Waals surface area contributed by atoms with Gasteiger partial charge >= 0.3 is 19.8 Å². The Hall–Kier alpha value is -2.81. The van der Waals surface area contributed by atoms with Gasteiger partial charge in [0.1, 0.15) is 19.8 Å². The van der Waals surface area contributed by atoms with Gasteiger partial charge in [-0.1, -0.05) is 208 Å². The molecule has 0 amide bonds. The molecule has 398 valence electrons. The molecule has 0 aliphatic heterocycles. The minimum Gasteiger partial charge on any atom is -0.462 e. The highest BCUT2D eigenvalue weighted by Crippen LogP contribution is 2.43. The lowest BCUT2D eigenvalue weighted by molar-refractivity contribution is -0.870. The van der Waals surface area contributed by atoms with Gasteiger partial charge in [0.05, 0.1) is 27.7 Å². The smallest absolute Gasteiger partial charge is 0.462 e. The Morgan fingerprint density at radius 1 is 0.464 bits per heavy atom. The number of unbranched alkanes of at least 4 members (excludes halogenated alkanes) is 22. The van der Waals surface area contributed by atoms with Gasteiger partial charge in [-0.2, -0.15) is 0 Å². The summed E-state index contributed by atoms with van der Waals surface area (Å²) < 4.78 is 34.5. The van der Waals surface area contributed by atoms with E-state index in [0.29, 0.717) is 17.4 Å². The number of esters is 2. The number of hydrogen-bond acceptors (Lipinski definition) is 7. The van der Waals surface area contributed by atoms with Gasteiger partial charge in [-0.25, -0.2) is 4.57 Å². The molecule has 0 radical (unpaired) electrons. The highest BCUT2D eigenvalue weighted by molar-refractivity contribution is 7.47. The molecule has 0 aromatic carbocycles. The maximum atomic E-state index is 12.8. The molecule has 2 unspecified atom stereocenters. The Kier molecular flexibility index (Phi) is 48.1. The van der Waals surface area contributed by atoms with Crippen LogP contribution in [-0.4, -0.2) is 74.9 Å². The summed E-state index contributed by atoms with van der Waals surface area (Å²) in [5, 5.41) is 0. The third-order valence-corrected chi connectivity index (χ3v) is 12.6. The van der Waals surface area contributed by atoms with E-state index in [1.807, 2.05) is 21.1 Å². The van der Waals surface area contributed by atoms with Gasteiger partial charge in [0.2, 0.25) is 0 Å². The van der Waals surface area contributed by atoms with Crippen molar-refractivity contribution in [1.29, 1.82) is 0 Å². The number of phosphoric ester groups is 1. The predicted molar refractivity (Wildman–Crippen MR) is 293 cm³/mol. The van der Waals surface area contributed by atoms with E-state index in [4.69, 9.17) is 18.5 Å². The molecule has 0 bridgehead atoms. The van der Waals surface area contributed by atoms with Crippen LogP contribution in [0.15, 0.2) is 85.1 Å². The number of nitrogens with zero attached hydrogens (tertiary/aromatic N) is 1. The van der Waals surface area contributed by atoms with Crippen LogP contribution in [0.25, 0.3) is 0 Å². The van der Waals surface area contributed by atoms with E-state index >= 15 is 0 Å². The molecule has 0 fully saturated rings. The minimum absolute atomic E-state index is 0.0262. The maximum absolute atomic E-state index is 12.8. The van der Waals surface area contributed by atoms with Gasteiger partial charge in [-0.3, -0.25) is 18.6 Å². The van der Waals surface area contributed by atoms with E-state index in [1.165, 1.54) is 89.9 Å². The quantitative estimate of drug-likeness (QED) is 0.0211. The lowest BCUT2D eigenvalue weighted by Crippen LogP contribution is -2.37. The van der Waals surface area contributed by atoms with Crippen LogP contribution in [-0.2, 0) is 32.7 Å². The normalized spacial score (nSPS) is 14.0. The van der Waals surface area contributed by atoms with Crippen molar-refractivity contribution in [3.8, 4) is 0 Å². The van der Waals surface area contributed by atoms with Crippen molar-refractivity contribution in [3.63, 3.8) is 0 Å². The predicted octanol–water partition coefficient (Wildman–Crippen LogP) is 17.1. The Morgan fingerprint density at radius 3 is 1.25 bits per heavy atom. The van der Waals surface area contributed by atoms with E-state index in [1.54, 1.807) is 0 Å². The summed E-state index contributed by atoms with van der Waals surface area (Å²) in [7, 11) is 1.46. The fourth-order valence-electron chi connectivity index (χ4n) is 7.37. The number of quaternary nitrogens is 1. The van der Waals surface area contributed by atoms with Crippen LogP contribution < -0.4 is 0 Å². The summed E-state index contributed by atoms with van der Waals surface area (Å²) in [4.78, 5) is 35.6. The third-order valence-electron chi connectivity index (χ3n) is 11.7. The van der Waals surface area contributed by atoms with Gasteiger partial charge in [-0.15, -0.1) is 0 Å². The molecule has 0 aliphatic carbocycles. The van der Waals surface area contributed by atoms with Crippen LogP contribution in [0, 0.1) is 0 Å². The molecule has 0 saturated heterocycles. The number of carbonyl (C=O) groups excluding carboxylic acids is 2. The molecule has 0 aliphatic rings. The van der Waals surface area contributed by atoms with E-state index in [9.17, 15) is 19.0 Å². The van der Waals surface area contributed by atoms with Crippen LogP contribution in [0.4, 0.5) is 0 Å². The van der Waals surface area contributed by atoms with Crippen molar-refractivity contribution in [3.05, 3.63) is 85.1 Å². The topological polar surface area (TPSA) is 108 Å². The van der Waals surface area contributed by atoms with E-state index < -0.39 is 26.5 Å². The molecular weight excluding hydrogens is 882 g/mol. The molecule has 0 spiro atoms. The number of hydrogen-bond donors (Lipinski definition) is 1. The van der Waals surface area contributed by atoms with Crippen molar-refractivity contribution in [2.24, 2.45) is 0 Å². The van der Waals surface area contributed by atoms with Crippen molar-refractivity contribution >= 4 is 19.8 Å². The average Bonchev–Trinajstić information content (AvgIpc) is 3.31. The van der Waals surface area contributed by atoms with Gasteiger partial charge in [0.15, 0.2) is 6.10 Å². The number of rotatable bonds is 50. The molecule has 69 heavy (non-hydrogen) atoms. The average molecular weight is 987 g/mol. The van der Waals surface area contributed by atoms with Crippen LogP contribution in [0.2, 0.25) is 0 Å². The number of allylic oxidation sites excluding steroid dienone is 14. The van der Waals surface area contributed by atoms with Gasteiger partial charge in [-0.05, 0) is 89.9 Å². The first kappa shape index (κ1) is 66.2. The zero-order valence-electron chi connectivity index (χ0n) is 45.0. The van der Waals surface area contributed by atoms with Crippen molar-refractivity contribution in [2.75, 3.05) is 47.5 Å². The van der Waals surface area contributed by atoms with Crippen LogP contribution >= 0.6 is 7.82 Å². The lowest BCUT2D eigenvalue weighted by Gasteiger charge is -2.24. The second-order valence-corrected chi connectivity index (χ2v) is 21.0. The zero-order chi connectivity index (χ0) is 50.6. The molecule has 1 N–H and O–H groups in total. The van der Waals surface area contributed by atoms with E-state index in [-0.39, 0.29) is 32.0 Å². The zero-order valence-corrected chi connectivity index (χ0v) is 45.9. The van der Waals surface area contributed by atoms with E-state index in [2.05, 4.69) is 98.9 Å². The third kappa shape index (κ3) is 54.4. The largest absolute Gasteiger partial charge is 0.472 e. The van der Waals surface area contributed by atoms with Crippen molar-refractivity contribution < 1.29 is 42.1 Å². The van der Waals surface area contributed by atoms with Crippen LogP contribution in [0.1, 0.15) is 226 Å². The molecule has 10 heteroatoms. The van der Waals surface area contributed by atoms with Crippen molar-refractivity contribution in [2.45, 2.75) is 232 Å². The van der Waals surface area contributed by atoms with Crippen LogP contribution in [0.5, 0.6) is 0 Å². The summed E-state index contributed by atoms with van der Waals surface area (Å²) >= 11 is 0. The molecule has 0 rings (SSSR count). The van der Waals surface area contributed by atoms with Gasteiger partial charge in [0, 0.05) is 12.8 Å². The SMILES string of the molecule is CC/C=C\C/C=C\C/C=C\C/C=C\C/C=C\C/C=C\CCCCCCCCCCCCC(=O)OC(COC(=O)CCCCCCC/C=C\CCCCCCCCC)COP(=O)(O)OCC[N+](C)(C)C. The molecule has 0 saturated carbocycles. The molecule has 2 atom stereocenters. The summed E-state index contributed by atoms with van der Waals surface area (Å²) in [5.41, 5.74) is 0. The molecular formula is C59H105NO8P+. The minimum atomic E-state index is -4.39. The fraction of sp³-hybridized carbons (Fsp3) is 0.729. The Labute approximate surface area is 424 Å². The maximum Gasteiger partial charge on any atom is 0.472 e. The second-order valence-electron chi connectivity index (χ2n) is 19.6. The molecule has 9 nitrogen and oxygen atoms in total. The Morgan fingerprint density at radius 2 is 0.826 bits per heavy atom. The first-order valence-corrected chi connectivity index (χ1v) is 29.3.